The average Bonchev–Trinajstić information content (AvgIpc) is 2.62. The van der Waals surface area contributed by atoms with Gasteiger partial charge in [-0.05, 0) is 109 Å². The number of ether oxygens (including phenoxy) is 1. The van der Waals surface area contributed by atoms with Crippen LogP contribution in [0.1, 0.15) is 84.5 Å². The number of carbonyl (C=O) groups is 1. The summed E-state index contributed by atoms with van der Waals surface area (Å²) in [5.74, 6) is 2.36. The van der Waals surface area contributed by atoms with E-state index in [1.807, 2.05) is 0 Å². The van der Waals surface area contributed by atoms with E-state index in [9.17, 15) is 4.79 Å². The molecule has 8 radical (unpaired) electrons. The molecule has 0 fully saturated rings. The fourth-order valence-corrected chi connectivity index (χ4v) is 4.51. The maximum absolute atomic E-state index is 11.6. The minimum atomic E-state index is -0.139. The first-order valence-corrected chi connectivity index (χ1v) is 10.3. The van der Waals surface area contributed by atoms with Crippen molar-refractivity contribution < 1.29 is 9.53 Å². The number of methoxy groups -OCH3 is 1. The molecule has 0 spiro atoms. The summed E-state index contributed by atoms with van der Waals surface area (Å²) in [5, 5.41) is 0. The molecule has 0 aromatic rings. The van der Waals surface area contributed by atoms with Crippen LogP contribution in [0.15, 0.2) is 0 Å². The van der Waals surface area contributed by atoms with Crippen LogP contribution in [0.3, 0.4) is 0 Å². The maximum atomic E-state index is 11.6. The third kappa shape index (κ3) is 9.42. The highest BCUT2D eigenvalue weighted by Gasteiger charge is 2.34. The van der Waals surface area contributed by atoms with Crippen molar-refractivity contribution in [3.63, 3.8) is 0 Å². The molecule has 2 nitrogen and oxygen atoms in total. The summed E-state index contributed by atoms with van der Waals surface area (Å²) in [6.45, 7) is 28.2. The Labute approximate surface area is 164 Å². The number of esters is 1. The van der Waals surface area contributed by atoms with Crippen molar-refractivity contribution in [2.75, 3.05) is 7.11 Å². The van der Waals surface area contributed by atoms with E-state index in [1.54, 1.807) is 0 Å². The highest BCUT2D eigenvalue weighted by Crippen LogP contribution is 2.42. The number of hydrogen-bond donors (Lipinski definition) is 0. The molecule has 0 saturated carbocycles. The lowest BCUT2D eigenvalue weighted by molar-refractivity contribution is -0.140. The van der Waals surface area contributed by atoms with E-state index in [4.69, 9.17) is 32.4 Å². The fraction of sp³-hybridized carbons (Fsp3) is 0.792. The third-order valence-electron chi connectivity index (χ3n) is 5.95. The second kappa shape index (κ2) is 15.5. The third-order valence-corrected chi connectivity index (χ3v) is 5.95. The first-order chi connectivity index (χ1) is 12.5. The van der Waals surface area contributed by atoms with Crippen molar-refractivity contribution >= 4 is 5.97 Å². The lowest BCUT2D eigenvalue weighted by Gasteiger charge is -2.40. The van der Waals surface area contributed by atoms with E-state index < -0.39 is 0 Å². The molecule has 0 aliphatic rings. The van der Waals surface area contributed by atoms with Gasteiger partial charge < -0.3 is 4.74 Å². The zero-order valence-electron chi connectivity index (χ0n) is 17.3. The van der Waals surface area contributed by atoms with Gasteiger partial charge in [0.25, 0.3) is 0 Å². The first kappa shape index (κ1) is 25.5. The summed E-state index contributed by atoms with van der Waals surface area (Å²) >= 11 is 0. The molecule has 0 saturated heterocycles. The Bertz CT molecular complexity index is 317. The van der Waals surface area contributed by atoms with E-state index in [1.165, 1.54) is 7.11 Å². The lowest BCUT2D eigenvalue weighted by atomic mass is 9.65. The van der Waals surface area contributed by atoms with Gasteiger partial charge in [-0.1, -0.05) is 26.7 Å². The van der Waals surface area contributed by atoms with E-state index in [0.717, 1.165) is 38.5 Å². The predicted octanol–water partition coefficient (Wildman–Crippen LogP) is 6.42. The van der Waals surface area contributed by atoms with Gasteiger partial charge >= 0.3 is 5.97 Å². The van der Waals surface area contributed by atoms with Crippen molar-refractivity contribution in [3.8, 4) is 0 Å². The molecule has 0 aromatic heterocycles. The SMILES string of the molecule is [CH]CCC(C)C(CC[CH])C(CCCC(=O)OC)C(CC[CH])C(C)CC[CH]. The van der Waals surface area contributed by atoms with Crippen LogP contribution in [0.25, 0.3) is 0 Å². The molecule has 0 rings (SSSR count). The molecule has 2 heteroatoms. The Kier molecular flexibility index (Phi) is 15.2. The number of rotatable bonds is 16. The van der Waals surface area contributed by atoms with E-state index >= 15 is 0 Å². The van der Waals surface area contributed by atoms with E-state index in [0.29, 0.717) is 61.7 Å². The highest BCUT2D eigenvalue weighted by molar-refractivity contribution is 5.68. The van der Waals surface area contributed by atoms with Gasteiger partial charge in [-0.3, -0.25) is 4.79 Å². The van der Waals surface area contributed by atoms with Crippen molar-refractivity contribution in [2.24, 2.45) is 29.6 Å². The maximum Gasteiger partial charge on any atom is 0.305 e. The minimum absolute atomic E-state index is 0.139. The lowest BCUT2D eigenvalue weighted by Crippen LogP contribution is -2.32. The zero-order chi connectivity index (χ0) is 19.9. The predicted molar refractivity (Wildman–Crippen MR) is 109 cm³/mol. The highest BCUT2D eigenvalue weighted by atomic mass is 16.5. The molecule has 0 aromatic carbocycles. The molecule has 26 heavy (non-hydrogen) atoms. The largest absolute Gasteiger partial charge is 0.469 e. The van der Waals surface area contributed by atoms with Gasteiger partial charge in [0.15, 0.2) is 0 Å². The molecule has 0 aliphatic carbocycles. The average molecular weight is 361 g/mol. The summed E-state index contributed by atoms with van der Waals surface area (Å²) in [4.78, 5) is 11.6. The number of carbonyl (C=O) groups excluding carboxylic acids is 1. The molecule has 0 N–H and O–H groups in total. The summed E-state index contributed by atoms with van der Waals surface area (Å²) in [6.07, 6.45) is 9.00. The molecular formula is C24H40O2. The Balaban J connectivity index is 5.43. The zero-order valence-corrected chi connectivity index (χ0v) is 17.3. The van der Waals surface area contributed by atoms with Gasteiger partial charge in [-0.25, -0.2) is 0 Å². The van der Waals surface area contributed by atoms with E-state index in [2.05, 4.69) is 13.8 Å². The summed E-state index contributed by atoms with van der Waals surface area (Å²) < 4.78 is 4.81. The standard InChI is InChI=1S/C24H40O2/c1-8-13-19(5)21(15-10-3)23(17-12-18-24(25)26-7)22(16-11-4)20(6)14-9-2/h1-4,19-23H,8-18H2,5-7H3. The molecule has 0 bridgehead atoms. The van der Waals surface area contributed by atoms with Gasteiger partial charge in [-0.2, -0.15) is 0 Å². The van der Waals surface area contributed by atoms with Crippen molar-refractivity contribution in [1.29, 1.82) is 0 Å². The van der Waals surface area contributed by atoms with Crippen LogP contribution in [0, 0.1) is 57.3 Å². The molecule has 0 amide bonds. The van der Waals surface area contributed by atoms with Crippen molar-refractivity contribution in [1.82, 2.24) is 0 Å². The molecule has 0 heterocycles. The molecule has 4 atom stereocenters. The van der Waals surface area contributed by atoms with Crippen LogP contribution in [0.2, 0.25) is 0 Å². The van der Waals surface area contributed by atoms with Crippen LogP contribution < -0.4 is 0 Å². The van der Waals surface area contributed by atoms with Crippen molar-refractivity contribution in [3.05, 3.63) is 27.7 Å². The van der Waals surface area contributed by atoms with Crippen LogP contribution >= 0.6 is 0 Å². The van der Waals surface area contributed by atoms with Gasteiger partial charge in [0.1, 0.15) is 0 Å². The first-order valence-electron chi connectivity index (χ1n) is 10.3. The van der Waals surface area contributed by atoms with Crippen LogP contribution in [0.4, 0.5) is 0 Å². The Morgan fingerprint density at radius 1 is 0.731 bits per heavy atom. The fourth-order valence-electron chi connectivity index (χ4n) is 4.51. The van der Waals surface area contributed by atoms with Crippen molar-refractivity contribution in [2.45, 2.75) is 84.5 Å². The Morgan fingerprint density at radius 3 is 1.50 bits per heavy atom. The second-order valence-corrected chi connectivity index (χ2v) is 7.72. The topological polar surface area (TPSA) is 26.3 Å². The van der Waals surface area contributed by atoms with Crippen LogP contribution in [-0.2, 0) is 9.53 Å². The molecular weight excluding hydrogens is 320 g/mol. The number of hydrogen-bond acceptors (Lipinski definition) is 2. The molecule has 148 valence electrons. The van der Waals surface area contributed by atoms with Gasteiger partial charge in [0.2, 0.25) is 0 Å². The van der Waals surface area contributed by atoms with Crippen LogP contribution in [-0.4, -0.2) is 13.1 Å². The minimum Gasteiger partial charge on any atom is -0.469 e. The van der Waals surface area contributed by atoms with Gasteiger partial charge in [-0.15, -0.1) is 0 Å². The second-order valence-electron chi connectivity index (χ2n) is 7.72. The Hall–Kier alpha value is -0.530. The van der Waals surface area contributed by atoms with Gasteiger partial charge in [0.05, 0.1) is 7.11 Å². The monoisotopic (exact) mass is 360 g/mol. The Morgan fingerprint density at radius 2 is 1.15 bits per heavy atom. The van der Waals surface area contributed by atoms with E-state index in [-0.39, 0.29) is 5.97 Å². The molecule has 0 aliphatic heterocycles. The quantitative estimate of drug-likeness (QED) is 0.297. The summed E-state index contributed by atoms with van der Waals surface area (Å²) in [5.41, 5.74) is 0. The smallest absolute Gasteiger partial charge is 0.305 e. The normalized spacial score (nSPS) is 17.3. The summed E-state index contributed by atoms with van der Waals surface area (Å²) in [7, 11) is 1.45. The van der Waals surface area contributed by atoms with Gasteiger partial charge in [0, 0.05) is 6.42 Å². The summed E-state index contributed by atoms with van der Waals surface area (Å²) in [6, 6.07) is 0. The van der Waals surface area contributed by atoms with Crippen LogP contribution in [0.5, 0.6) is 0 Å². The molecule has 4 unspecified atom stereocenters.